The van der Waals surface area contributed by atoms with E-state index in [2.05, 4.69) is 0 Å². The number of nitrogens with zero attached hydrogens (tertiary/aromatic N) is 1. The lowest BCUT2D eigenvalue weighted by molar-refractivity contribution is -0.385. The van der Waals surface area contributed by atoms with E-state index in [9.17, 15) is 14.9 Å². The van der Waals surface area contributed by atoms with Crippen molar-refractivity contribution in [2.75, 3.05) is 0 Å². The first-order chi connectivity index (χ1) is 9.44. The predicted molar refractivity (Wildman–Crippen MR) is 76.9 cm³/mol. The molecule has 0 heterocycles. The normalized spacial score (nSPS) is 11.1. The Bertz CT molecular complexity index is 648. The second-order valence-electron chi connectivity index (χ2n) is 5.09. The number of hydrogen-bond donors (Lipinski definition) is 0. The molecule has 0 unspecified atom stereocenters. The lowest BCUT2D eigenvalue weighted by Crippen LogP contribution is -2.30. The van der Waals surface area contributed by atoms with Crippen LogP contribution in [-0.4, -0.2) is 10.7 Å². The van der Waals surface area contributed by atoms with E-state index < -0.39 is 10.3 Å². The Labute approximate surface area is 117 Å². The number of para-hydroxylation sites is 1. The number of nitro benzene ring substituents is 1. The van der Waals surface area contributed by atoms with Gasteiger partial charge < -0.3 is 0 Å². The van der Waals surface area contributed by atoms with Crippen LogP contribution in [0.4, 0.5) is 5.69 Å². The summed E-state index contributed by atoms with van der Waals surface area (Å²) in [5.41, 5.74) is 0.00154. The van der Waals surface area contributed by atoms with Gasteiger partial charge in [-0.3, -0.25) is 14.9 Å². The number of ketones is 1. The van der Waals surface area contributed by atoms with Gasteiger partial charge in [0.25, 0.3) is 5.69 Å². The number of carbonyl (C=O) groups excluding carboxylic acids is 1. The van der Waals surface area contributed by atoms with Gasteiger partial charge in [0.1, 0.15) is 0 Å². The fourth-order valence-corrected chi connectivity index (χ4v) is 2.23. The lowest BCUT2D eigenvalue weighted by Gasteiger charge is -2.23. The molecule has 0 atom stereocenters. The highest BCUT2D eigenvalue weighted by Gasteiger charge is 2.35. The molecule has 0 saturated carbocycles. The number of benzene rings is 2. The zero-order valence-corrected chi connectivity index (χ0v) is 11.4. The van der Waals surface area contributed by atoms with Crippen LogP contribution in [0.15, 0.2) is 54.6 Å². The van der Waals surface area contributed by atoms with Gasteiger partial charge in [-0.15, -0.1) is 0 Å². The standard InChI is InChI=1S/C16H15NO3/c1-16(2,15(18)12-8-4-3-5-9-12)13-10-6-7-11-14(13)17(19)20/h3-11H,1-2H3. The van der Waals surface area contributed by atoms with Crippen LogP contribution in [0.5, 0.6) is 0 Å². The molecule has 0 N–H and O–H groups in total. The minimum Gasteiger partial charge on any atom is -0.293 e. The highest BCUT2D eigenvalue weighted by Crippen LogP contribution is 2.34. The van der Waals surface area contributed by atoms with Crippen molar-refractivity contribution in [3.63, 3.8) is 0 Å². The van der Waals surface area contributed by atoms with Crippen molar-refractivity contribution in [2.24, 2.45) is 0 Å². The average Bonchev–Trinajstić information content (AvgIpc) is 2.47. The molecule has 4 heteroatoms. The van der Waals surface area contributed by atoms with Crippen LogP contribution < -0.4 is 0 Å². The molecule has 20 heavy (non-hydrogen) atoms. The Kier molecular flexibility index (Phi) is 3.66. The van der Waals surface area contributed by atoms with Crippen molar-refractivity contribution in [2.45, 2.75) is 19.3 Å². The molecule has 2 aromatic carbocycles. The van der Waals surface area contributed by atoms with Gasteiger partial charge in [0.15, 0.2) is 5.78 Å². The first kappa shape index (κ1) is 13.9. The van der Waals surface area contributed by atoms with Crippen LogP contribution in [0.3, 0.4) is 0 Å². The third kappa shape index (κ3) is 2.45. The summed E-state index contributed by atoms with van der Waals surface area (Å²) in [4.78, 5) is 23.3. The van der Waals surface area contributed by atoms with Crippen LogP contribution in [0.25, 0.3) is 0 Å². The Morgan fingerprint density at radius 1 is 1.00 bits per heavy atom. The monoisotopic (exact) mass is 269 g/mol. The lowest BCUT2D eigenvalue weighted by atomic mass is 9.77. The van der Waals surface area contributed by atoms with Gasteiger partial charge in [0.05, 0.1) is 10.3 Å². The molecule has 2 aromatic rings. The summed E-state index contributed by atoms with van der Waals surface area (Å²) >= 11 is 0. The van der Waals surface area contributed by atoms with E-state index >= 15 is 0 Å². The van der Waals surface area contributed by atoms with Crippen LogP contribution in [0.2, 0.25) is 0 Å². The van der Waals surface area contributed by atoms with Gasteiger partial charge in [-0.2, -0.15) is 0 Å². The van der Waals surface area contributed by atoms with Crippen LogP contribution in [-0.2, 0) is 5.41 Å². The third-order valence-corrected chi connectivity index (χ3v) is 3.38. The highest BCUT2D eigenvalue weighted by molar-refractivity contribution is 6.04. The summed E-state index contributed by atoms with van der Waals surface area (Å²) in [7, 11) is 0. The van der Waals surface area contributed by atoms with Gasteiger partial charge in [-0.25, -0.2) is 0 Å². The molecule has 4 nitrogen and oxygen atoms in total. The summed E-state index contributed by atoms with van der Waals surface area (Å²) in [6.45, 7) is 3.43. The Balaban J connectivity index is 2.51. The summed E-state index contributed by atoms with van der Waals surface area (Å²) in [6, 6.07) is 15.2. The Morgan fingerprint density at radius 3 is 2.15 bits per heavy atom. The topological polar surface area (TPSA) is 60.2 Å². The van der Waals surface area contributed by atoms with E-state index in [1.165, 1.54) is 6.07 Å². The highest BCUT2D eigenvalue weighted by atomic mass is 16.6. The fraction of sp³-hybridized carbons (Fsp3) is 0.188. The van der Waals surface area contributed by atoms with Crippen molar-refractivity contribution in [3.8, 4) is 0 Å². The van der Waals surface area contributed by atoms with Crippen LogP contribution in [0.1, 0.15) is 29.8 Å². The minimum atomic E-state index is -0.953. The maximum atomic E-state index is 12.6. The molecule has 0 radical (unpaired) electrons. The first-order valence-corrected chi connectivity index (χ1v) is 6.28. The number of nitro groups is 1. The summed E-state index contributed by atoms with van der Waals surface area (Å²) in [5.74, 6) is -0.132. The van der Waals surface area contributed by atoms with Gasteiger partial charge in [-0.05, 0) is 13.8 Å². The van der Waals surface area contributed by atoms with E-state index in [1.54, 1.807) is 56.3 Å². The van der Waals surface area contributed by atoms with Gasteiger partial charge in [0.2, 0.25) is 0 Å². The molecule has 0 aliphatic carbocycles. The van der Waals surface area contributed by atoms with Crippen molar-refractivity contribution in [1.82, 2.24) is 0 Å². The molecule has 0 aliphatic rings. The Hall–Kier alpha value is -2.49. The van der Waals surface area contributed by atoms with E-state index in [0.717, 1.165) is 0 Å². The van der Waals surface area contributed by atoms with Gasteiger partial charge in [0, 0.05) is 17.2 Å². The van der Waals surface area contributed by atoms with Gasteiger partial charge in [-0.1, -0.05) is 48.5 Å². The molecule has 0 amide bonds. The zero-order valence-electron chi connectivity index (χ0n) is 11.4. The molecular formula is C16H15NO3. The maximum absolute atomic E-state index is 12.6. The molecule has 0 saturated heterocycles. The quantitative estimate of drug-likeness (QED) is 0.482. The van der Waals surface area contributed by atoms with Crippen molar-refractivity contribution < 1.29 is 9.72 Å². The number of hydrogen-bond acceptors (Lipinski definition) is 3. The van der Waals surface area contributed by atoms with Gasteiger partial charge >= 0.3 is 0 Å². The molecule has 0 aromatic heterocycles. The van der Waals surface area contributed by atoms with E-state index in [-0.39, 0.29) is 11.5 Å². The number of Topliss-reactive ketones (excluding diaryl/α,β-unsaturated/α-hetero) is 1. The number of carbonyl (C=O) groups is 1. The van der Waals surface area contributed by atoms with Crippen LogP contribution >= 0.6 is 0 Å². The van der Waals surface area contributed by atoms with E-state index in [0.29, 0.717) is 11.1 Å². The predicted octanol–water partition coefficient (Wildman–Crippen LogP) is 3.76. The van der Waals surface area contributed by atoms with E-state index in [4.69, 9.17) is 0 Å². The fourth-order valence-electron chi connectivity index (χ4n) is 2.23. The molecule has 102 valence electrons. The SMILES string of the molecule is CC(C)(C(=O)c1ccccc1)c1ccccc1[N+](=O)[O-]. The average molecular weight is 269 g/mol. The van der Waals surface area contributed by atoms with E-state index in [1.807, 2.05) is 6.07 Å². The molecule has 0 bridgehead atoms. The maximum Gasteiger partial charge on any atom is 0.273 e. The largest absolute Gasteiger partial charge is 0.293 e. The second kappa shape index (κ2) is 5.25. The zero-order chi connectivity index (χ0) is 14.8. The molecule has 2 rings (SSSR count). The van der Waals surface area contributed by atoms with Crippen molar-refractivity contribution >= 4 is 11.5 Å². The minimum absolute atomic E-state index is 0.0261. The smallest absolute Gasteiger partial charge is 0.273 e. The molecule has 0 spiro atoms. The molecular weight excluding hydrogens is 254 g/mol. The number of rotatable bonds is 4. The molecule has 0 aliphatic heterocycles. The summed E-state index contributed by atoms with van der Waals surface area (Å²) in [6.07, 6.45) is 0. The van der Waals surface area contributed by atoms with Crippen molar-refractivity contribution in [1.29, 1.82) is 0 Å². The molecule has 0 fully saturated rings. The van der Waals surface area contributed by atoms with Crippen molar-refractivity contribution in [3.05, 3.63) is 75.8 Å². The summed E-state index contributed by atoms with van der Waals surface area (Å²) < 4.78 is 0. The Morgan fingerprint density at radius 2 is 1.55 bits per heavy atom. The third-order valence-electron chi connectivity index (χ3n) is 3.38. The van der Waals surface area contributed by atoms with Crippen LogP contribution in [0, 0.1) is 10.1 Å². The second-order valence-corrected chi connectivity index (χ2v) is 5.09. The first-order valence-electron chi connectivity index (χ1n) is 6.28. The summed E-state index contributed by atoms with van der Waals surface area (Å²) in [5, 5.41) is 11.1.